The molecular weight excluding hydrogens is 619 g/mol. The summed E-state index contributed by atoms with van der Waals surface area (Å²) >= 11 is 12.6. The van der Waals surface area contributed by atoms with Gasteiger partial charge in [0.2, 0.25) is 0 Å². The van der Waals surface area contributed by atoms with Crippen molar-refractivity contribution in [3.8, 4) is 0 Å². The number of ether oxygens (including phenoxy) is 2. The third-order valence-corrected chi connectivity index (χ3v) is 8.35. The molecule has 0 bridgehead atoms. The number of nitro benzene ring substituents is 1. The molecule has 2 aromatic rings. The zero-order chi connectivity index (χ0) is 30.4. The molecule has 2 aliphatic heterocycles. The predicted octanol–water partition coefficient (Wildman–Crippen LogP) is 5.88. The molecule has 10 nitrogen and oxygen atoms in total. The Morgan fingerprint density at radius 3 is 2.30 bits per heavy atom. The fourth-order valence-corrected chi connectivity index (χ4v) is 5.84. The van der Waals surface area contributed by atoms with Gasteiger partial charge in [0, 0.05) is 49.7 Å². The Bertz CT molecular complexity index is 1420. The van der Waals surface area contributed by atoms with Crippen LogP contribution in [0.15, 0.2) is 65.0 Å². The maximum absolute atomic E-state index is 13.4. The minimum atomic E-state index is -0.879. The van der Waals surface area contributed by atoms with Crippen molar-refractivity contribution in [3.63, 3.8) is 0 Å². The summed E-state index contributed by atoms with van der Waals surface area (Å²) < 4.78 is 10.7. The number of anilines is 1. The number of carbonyl (C=O) groups excluding carboxylic acids is 2. The number of esters is 2. The second-order valence-corrected chi connectivity index (χ2v) is 11.0. The first-order chi connectivity index (χ1) is 20.1. The monoisotopic (exact) mass is 652 g/mol. The molecule has 1 fully saturated rings. The van der Waals surface area contributed by atoms with E-state index in [0.717, 1.165) is 44.8 Å². The number of methoxy groups -OCH3 is 1. The van der Waals surface area contributed by atoms with Gasteiger partial charge in [-0.3, -0.25) is 15.0 Å². The van der Waals surface area contributed by atoms with Gasteiger partial charge in [0.15, 0.2) is 0 Å². The average Bonchev–Trinajstić information content (AvgIpc) is 2.98. The Balaban J connectivity index is 0.00000506. The van der Waals surface area contributed by atoms with Crippen LogP contribution < -0.4 is 10.2 Å². The highest BCUT2D eigenvalue weighted by atomic mass is 35.5. The van der Waals surface area contributed by atoms with Gasteiger partial charge in [-0.25, -0.2) is 9.59 Å². The van der Waals surface area contributed by atoms with Crippen molar-refractivity contribution in [1.29, 1.82) is 0 Å². The number of rotatable bonds is 10. The molecule has 1 unspecified atom stereocenters. The van der Waals surface area contributed by atoms with E-state index >= 15 is 0 Å². The number of carbonyl (C=O) groups is 2. The molecule has 0 saturated carbocycles. The number of nitrogens with zero attached hydrogens (tertiary/aromatic N) is 3. The van der Waals surface area contributed by atoms with Crippen molar-refractivity contribution in [1.82, 2.24) is 10.2 Å². The second kappa shape index (κ2) is 15.4. The van der Waals surface area contributed by atoms with Crippen LogP contribution in [0, 0.1) is 10.1 Å². The number of nitro groups is 1. The Hall–Kier alpha value is -3.31. The molecule has 0 amide bonds. The van der Waals surface area contributed by atoms with E-state index in [-0.39, 0.29) is 35.8 Å². The average molecular weight is 654 g/mol. The molecule has 13 heteroatoms. The van der Waals surface area contributed by atoms with E-state index in [1.165, 1.54) is 25.3 Å². The van der Waals surface area contributed by atoms with Gasteiger partial charge in [-0.05, 0) is 50.9 Å². The van der Waals surface area contributed by atoms with Crippen molar-refractivity contribution in [2.75, 3.05) is 51.3 Å². The van der Waals surface area contributed by atoms with Crippen molar-refractivity contribution in [2.24, 2.45) is 0 Å². The molecular formula is C30H35Cl3N4O6. The number of allylic oxidation sites excluding steroid dienone is 2. The summed E-state index contributed by atoms with van der Waals surface area (Å²) in [6.07, 6.45) is 1.49. The number of hydrogen-bond donors (Lipinski definition) is 1. The Morgan fingerprint density at radius 1 is 1.00 bits per heavy atom. The minimum absolute atomic E-state index is 0. The first-order valence-electron chi connectivity index (χ1n) is 13.7. The quantitative estimate of drug-likeness (QED) is 0.145. The maximum Gasteiger partial charge on any atom is 0.336 e. The minimum Gasteiger partial charge on any atom is -0.466 e. The zero-order valence-corrected chi connectivity index (χ0v) is 26.6. The zero-order valence-electron chi connectivity index (χ0n) is 24.2. The molecule has 43 heavy (non-hydrogen) atoms. The Labute approximate surface area is 267 Å². The fraction of sp³-hybridized carbons (Fsp3) is 0.400. The highest BCUT2D eigenvalue weighted by molar-refractivity contribution is 6.43. The largest absolute Gasteiger partial charge is 0.466 e. The summed E-state index contributed by atoms with van der Waals surface area (Å²) in [4.78, 5) is 41.7. The van der Waals surface area contributed by atoms with Crippen LogP contribution >= 0.6 is 35.6 Å². The maximum atomic E-state index is 13.4. The standard InChI is InChI=1S/C30H34Cl2N4O6.ClH/c1-19-25(29(37)41-3)27(21-8-6-9-22(18-21)36(39)40)26(20(2)33-19)30(38)42-17-5-4-12-34-13-15-35(16-14-34)24-11-7-10-23(31)28(24)32;/h6-11,18,27,33H,4-5,12-17H2,1-3H3;1H. The number of piperazine rings is 1. The topological polar surface area (TPSA) is 114 Å². The number of nitrogens with one attached hydrogen (secondary N) is 1. The third-order valence-electron chi connectivity index (χ3n) is 7.55. The van der Waals surface area contributed by atoms with Gasteiger partial charge in [-0.15, -0.1) is 12.4 Å². The molecule has 0 aromatic heterocycles. The molecule has 1 atom stereocenters. The highest BCUT2D eigenvalue weighted by Crippen LogP contribution is 2.40. The van der Waals surface area contributed by atoms with Gasteiger partial charge in [-0.2, -0.15) is 0 Å². The van der Waals surface area contributed by atoms with Crippen LogP contribution in [-0.2, 0) is 19.1 Å². The van der Waals surface area contributed by atoms with Crippen molar-refractivity contribution >= 4 is 58.9 Å². The van der Waals surface area contributed by atoms with Gasteiger partial charge in [0.05, 0.1) is 51.4 Å². The van der Waals surface area contributed by atoms with Crippen LogP contribution in [0.25, 0.3) is 0 Å². The SMILES string of the molecule is COC(=O)C1=C(C)NC(C)=C(C(=O)OCCCCN2CCN(c3cccc(Cl)c3Cl)CC2)C1c1cccc([N+](=O)[O-])c1.Cl. The molecule has 1 saturated heterocycles. The second-order valence-electron chi connectivity index (χ2n) is 10.2. The number of non-ortho nitro benzene ring substituents is 1. The number of hydrogen-bond acceptors (Lipinski definition) is 9. The van der Waals surface area contributed by atoms with E-state index < -0.39 is 22.8 Å². The van der Waals surface area contributed by atoms with Crippen LogP contribution in [0.1, 0.15) is 38.2 Å². The number of halogens is 3. The van der Waals surface area contributed by atoms with E-state index in [2.05, 4.69) is 15.1 Å². The van der Waals surface area contributed by atoms with Crippen molar-refractivity contribution < 1.29 is 24.0 Å². The predicted molar refractivity (Wildman–Crippen MR) is 169 cm³/mol. The van der Waals surface area contributed by atoms with E-state index in [4.69, 9.17) is 32.7 Å². The van der Waals surface area contributed by atoms with E-state index in [1.807, 2.05) is 12.1 Å². The summed E-state index contributed by atoms with van der Waals surface area (Å²) in [5.74, 6) is -2.10. The Kier molecular flexibility index (Phi) is 12.3. The van der Waals surface area contributed by atoms with E-state index in [1.54, 1.807) is 26.0 Å². The molecule has 2 aromatic carbocycles. The van der Waals surface area contributed by atoms with Crippen LogP contribution in [-0.4, -0.2) is 68.2 Å². The summed E-state index contributed by atoms with van der Waals surface area (Å²) in [6, 6.07) is 11.6. The van der Waals surface area contributed by atoms with Gasteiger partial charge in [0.1, 0.15) is 0 Å². The van der Waals surface area contributed by atoms with Crippen LogP contribution in [0.2, 0.25) is 10.0 Å². The molecule has 1 N–H and O–H groups in total. The molecule has 0 spiro atoms. The lowest BCUT2D eigenvalue weighted by molar-refractivity contribution is -0.384. The molecule has 0 radical (unpaired) electrons. The van der Waals surface area contributed by atoms with Crippen LogP contribution in [0.3, 0.4) is 0 Å². The smallest absolute Gasteiger partial charge is 0.336 e. The first kappa shape index (κ1) is 34.2. The summed E-state index contributed by atoms with van der Waals surface area (Å²) in [5.41, 5.74) is 2.67. The Morgan fingerprint density at radius 2 is 1.65 bits per heavy atom. The lowest BCUT2D eigenvalue weighted by Gasteiger charge is -2.36. The van der Waals surface area contributed by atoms with Crippen molar-refractivity contribution in [3.05, 3.63) is 90.7 Å². The molecule has 4 rings (SSSR count). The first-order valence-corrected chi connectivity index (χ1v) is 14.5. The molecule has 2 aliphatic rings. The lowest BCUT2D eigenvalue weighted by atomic mass is 9.80. The van der Waals surface area contributed by atoms with Gasteiger partial charge >= 0.3 is 11.9 Å². The summed E-state index contributed by atoms with van der Waals surface area (Å²) in [7, 11) is 1.25. The van der Waals surface area contributed by atoms with E-state index in [9.17, 15) is 19.7 Å². The lowest BCUT2D eigenvalue weighted by Crippen LogP contribution is -2.46. The highest BCUT2D eigenvalue weighted by Gasteiger charge is 2.38. The van der Waals surface area contributed by atoms with Crippen LogP contribution in [0.4, 0.5) is 11.4 Å². The molecule has 0 aliphatic carbocycles. The molecule has 2 heterocycles. The van der Waals surface area contributed by atoms with E-state index in [0.29, 0.717) is 33.4 Å². The normalized spacial score (nSPS) is 17.2. The number of unbranched alkanes of at least 4 members (excludes halogenated alkanes) is 1. The summed E-state index contributed by atoms with van der Waals surface area (Å²) in [6.45, 7) is 7.92. The van der Waals surface area contributed by atoms with Gasteiger partial charge in [0.25, 0.3) is 5.69 Å². The fourth-order valence-electron chi connectivity index (χ4n) is 5.43. The van der Waals surface area contributed by atoms with Gasteiger partial charge in [-0.1, -0.05) is 41.4 Å². The number of dihydropyridines is 1. The summed E-state index contributed by atoms with van der Waals surface area (Å²) in [5, 5.41) is 15.6. The number of benzene rings is 2. The van der Waals surface area contributed by atoms with Crippen molar-refractivity contribution in [2.45, 2.75) is 32.6 Å². The molecule has 232 valence electrons. The third kappa shape index (κ3) is 8.00. The van der Waals surface area contributed by atoms with Gasteiger partial charge < -0.3 is 19.7 Å². The van der Waals surface area contributed by atoms with Crippen LogP contribution in [0.5, 0.6) is 0 Å².